The van der Waals surface area contributed by atoms with Crippen molar-refractivity contribution in [2.24, 2.45) is 0 Å². The molecule has 0 saturated heterocycles. The zero-order valence-electron chi connectivity index (χ0n) is 9.53. The van der Waals surface area contributed by atoms with E-state index >= 15 is 0 Å². The van der Waals surface area contributed by atoms with E-state index in [4.69, 9.17) is 5.11 Å². The first-order chi connectivity index (χ1) is 7.67. The predicted molar refractivity (Wildman–Crippen MR) is 63.9 cm³/mol. The van der Waals surface area contributed by atoms with Crippen molar-refractivity contribution < 1.29 is 9.90 Å². The van der Waals surface area contributed by atoms with Gasteiger partial charge in [-0.3, -0.25) is 0 Å². The topological polar surface area (TPSA) is 42.2 Å². The molecule has 0 saturated carbocycles. The van der Waals surface area contributed by atoms with Crippen LogP contribution in [0, 0.1) is 0 Å². The molecule has 0 bridgehead atoms. The van der Waals surface area contributed by atoms with Crippen LogP contribution < -0.4 is 0 Å². The number of nitrogens with zero attached hydrogens (tertiary/aromatic N) is 1. The number of carbonyl (C=O) groups is 1. The van der Waals surface area contributed by atoms with Crippen LogP contribution >= 0.6 is 0 Å². The van der Waals surface area contributed by atoms with Crippen molar-refractivity contribution in [2.45, 2.75) is 26.8 Å². The van der Waals surface area contributed by atoms with E-state index in [-0.39, 0.29) is 0 Å². The van der Waals surface area contributed by atoms with Crippen molar-refractivity contribution in [3.63, 3.8) is 0 Å². The number of rotatable bonds is 3. The van der Waals surface area contributed by atoms with Gasteiger partial charge in [0.15, 0.2) is 0 Å². The zero-order valence-corrected chi connectivity index (χ0v) is 9.53. The summed E-state index contributed by atoms with van der Waals surface area (Å²) < 4.78 is 1.97. The number of hydrogen-bond acceptors (Lipinski definition) is 1. The lowest BCUT2D eigenvalue weighted by atomic mass is 10.1. The van der Waals surface area contributed by atoms with E-state index in [2.05, 4.69) is 13.0 Å². The third-order valence-electron chi connectivity index (χ3n) is 2.92. The van der Waals surface area contributed by atoms with Crippen LogP contribution in [-0.4, -0.2) is 15.6 Å². The Morgan fingerprint density at radius 3 is 2.69 bits per heavy atom. The van der Waals surface area contributed by atoms with Crippen LogP contribution in [0.1, 0.15) is 29.8 Å². The van der Waals surface area contributed by atoms with Gasteiger partial charge in [0.1, 0.15) is 0 Å². The number of fused-ring (bicyclic) bond motifs is 1. The lowest BCUT2D eigenvalue weighted by molar-refractivity contribution is 0.0699. The average Bonchev–Trinajstić information content (AvgIpc) is 2.66. The molecule has 0 aliphatic heterocycles. The number of aryl methyl sites for hydroxylation is 2. The van der Waals surface area contributed by atoms with Gasteiger partial charge in [0.25, 0.3) is 0 Å². The van der Waals surface area contributed by atoms with Gasteiger partial charge in [-0.15, -0.1) is 0 Å². The zero-order chi connectivity index (χ0) is 11.7. The molecular formula is C13H15NO2. The van der Waals surface area contributed by atoms with E-state index in [1.807, 2.05) is 23.6 Å². The first-order valence-corrected chi connectivity index (χ1v) is 5.52. The largest absolute Gasteiger partial charge is 0.478 e. The Hall–Kier alpha value is -1.77. The molecule has 0 unspecified atom stereocenters. The molecule has 0 radical (unpaired) electrons. The van der Waals surface area contributed by atoms with E-state index < -0.39 is 5.97 Å². The second-order valence-corrected chi connectivity index (χ2v) is 3.84. The number of benzene rings is 1. The number of carboxylic acid groups (broad SMARTS) is 1. The SMILES string of the molecule is CCc1ccc2c(c1)c(C(=O)O)cn2CC. The van der Waals surface area contributed by atoms with E-state index in [0.717, 1.165) is 23.9 Å². The number of carboxylic acids is 1. The molecule has 0 atom stereocenters. The number of hydrogen-bond donors (Lipinski definition) is 1. The summed E-state index contributed by atoms with van der Waals surface area (Å²) in [7, 11) is 0. The Bertz CT molecular complexity index is 540. The summed E-state index contributed by atoms with van der Waals surface area (Å²) in [5.74, 6) is -0.856. The highest BCUT2D eigenvalue weighted by Crippen LogP contribution is 2.23. The molecule has 0 fully saturated rings. The second-order valence-electron chi connectivity index (χ2n) is 3.84. The van der Waals surface area contributed by atoms with Crippen molar-refractivity contribution in [3.05, 3.63) is 35.5 Å². The lowest BCUT2D eigenvalue weighted by Crippen LogP contribution is -1.94. The van der Waals surface area contributed by atoms with Crippen LogP contribution in [0.15, 0.2) is 24.4 Å². The summed E-state index contributed by atoms with van der Waals surface area (Å²) >= 11 is 0. The Labute approximate surface area is 94.3 Å². The summed E-state index contributed by atoms with van der Waals surface area (Å²) in [5, 5.41) is 9.98. The fraction of sp³-hybridized carbons (Fsp3) is 0.308. The highest BCUT2D eigenvalue weighted by atomic mass is 16.4. The Kier molecular flexibility index (Phi) is 2.69. The third-order valence-corrected chi connectivity index (χ3v) is 2.92. The predicted octanol–water partition coefficient (Wildman–Crippen LogP) is 2.92. The summed E-state index contributed by atoms with van der Waals surface area (Å²) in [4.78, 5) is 11.1. The summed E-state index contributed by atoms with van der Waals surface area (Å²) in [6.07, 6.45) is 2.64. The molecule has 1 N–H and O–H groups in total. The maximum absolute atomic E-state index is 11.1. The smallest absolute Gasteiger partial charge is 0.337 e. The average molecular weight is 217 g/mol. The molecule has 1 heterocycles. The summed E-state index contributed by atoms with van der Waals surface area (Å²) in [6.45, 7) is 4.87. The lowest BCUT2D eigenvalue weighted by Gasteiger charge is -2.01. The van der Waals surface area contributed by atoms with Gasteiger partial charge in [0.2, 0.25) is 0 Å². The Morgan fingerprint density at radius 2 is 2.12 bits per heavy atom. The van der Waals surface area contributed by atoms with Crippen molar-refractivity contribution >= 4 is 16.9 Å². The van der Waals surface area contributed by atoms with Gasteiger partial charge in [-0.2, -0.15) is 0 Å². The van der Waals surface area contributed by atoms with Crippen molar-refractivity contribution in [2.75, 3.05) is 0 Å². The molecule has 84 valence electrons. The van der Waals surface area contributed by atoms with Crippen LogP contribution in [0.2, 0.25) is 0 Å². The van der Waals surface area contributed by atoms with E-state index in [9.17, 15) is 4.79 Å². The monoisotopic (exact) mass is 217 g/mol. The van der Waals surface area contributed by atoms with Crippen LogP contribution in [0.3, 0.4) is 0 Å². The fourth-order valence-corrected chi connectivity index (χ4v) is 2.00. The molecule has 3 nitrogen and oxygen atoms in total. The minimum Gasteiger partial charge on any atom is -0.478 e. The van der Waals surface area contributed by atoms with E-state index in [1.165, 1.54) is 5.56 Å². The molecule has 3 heteroatoms. The maximum Gasteiger partial charge on any atom is 0.337 e. The van der Waals surface area contributed by atoms with Crippen LogP contribution in [0.4, 0.5) is 0 Å². The van der Waals surface area contributed by atoms with E-state index in [1.54, 1.807) is 6.20 Å². The highest BCUT2D eigenvalue weighted by molar-refractivity contribution is 6.03. The minimum atomic E-state index is -0.856. The molecule has 2 rings (SSSR count). The van der Waals surface area contributed by atoms with Crippen molar-refractivity contribution in [3.8, 4) is 0 Å². The van der Waals surface area contributed by atoms with Gasteiger partial charge in [0.05, 0.1) is 5.56 Å². The molecule has 1 aromatic carbocycles. The normalized spacial score (nSPS) is 10.9. The number of aromatic nitrogens is 1. The summed E-state index contributed by atoms with van der Waals surface area (Å²) in [6, 6.07) is 6.04. The minimum absolute atomic E-state index is 0.396. The molecule has 0 aliphatic rings. The van der Waals surface area contributed by atoms with Gasteiger partial charge in [0, 0.05) is 23.6 Å². The van der Waals surface area contributed by atoms with Gasteiger partial charge in [-0.05, 0) is 31.0 Å². The molecule has 1 aromatic heterocycles. The van der Waals surface area contributed by atoms with E-state index in [0.29, 0.717) is 5.56 Å². The number of aromatic carboxylic acids is 1. The molecule has 0 spiro atoms. The van der Waals surface area contributed by atoms with Gasteiger partial charge in [-0.1, -0.05) is 13.0 Å². The third kappa shape index (κ3) is 1.58. The Morgan fingerprint density at radius 1 is 1.38 bits per heavy atom. The quantitative estimate of drug-likeness (QED) is 0.858. The molecule has 0 aliphatic carbocycles. The fourth-order valence-electron chi connectivity index (χ4n) is 2.00. The first kappa shape index (κ1) is 10.7. The van der Waals surface area contributed by atoms with Gasteiger partial charge in [-0.25, -0.2) is 4.79 Å². The molecule has 16 heavy (non-hydrogen) atoms. The molecular weight excluding hydrogens is 202 g/mol. The Balaban J connectivity index is 2.75. The molecule has 0 amide bonds. The van der Waals surface area contributed by atoms with Crippen molar-refractivity contribution in [1.82, 2.24) is 4.57 Å². The summed E-state index contributed by atoms with van der Waals surface area (Å²) in [5.41, 5.74) is 2.56. The van der Waals surface area contributed by atoms with Crippen molar-refractivity contribution in [1.29, 1.82) is 0 Å². The molecule has 2 aromatic rings. The van der Waals surface area contributed by atoms with Crippen LogP contribution in [0.25, 0.3) is 10.9 Å². The van der Waals surface area contributed by atoms with Crippen LogP contribution in [0.5, 0.6) is 0 Å². The van der Waals surface area contributed by atoms with Crippen LogP contribution in [-0.2, 0) is 13.0 Å². The second kappa shape index (κ2) is 4.00. The van der Waals surface area contributed by atoms with Gasteiger partial charge >= 0.3 is 5.97 Å². The highest BCUT2D eigenvalue weighted by Gasteiger charge is 2.13. The standard InChI is InChI=1S/C13H15NO2/c1-3-9-5-6-12-10(7-9)11(13(15)16)8-14(12)4-2/h5-8H,3-4H2,1-2H3,(H,15,16). The first-order valence-electron chi connectivity index (χ1n) is 5.52. The maximum atomic E-state index is 11.1. The van der Waals surface area contributed by atoms with Gasteiger partial charge < -0.3 is 9.67 Å².